The molecule has 0 aliphatic heterocycles. The van der Waals surface area contributed by atoms with Crippen molar-refractivity contribution in [1.29, 1.82) is 5.26 Å². The van der Waals surface area contributed by atoms with E-state index in [9.17, 15) is 9.18 Å². The maximum Gasteiger partial charge on any atom is 0.255 e. The van der Waals surface area contributed by atoms with E-state index < -0.39 is 11.9 Å². The molecule has 0 aliphatic carbocycles. The second-order valence-corrected chi connectivity index (χ2v) is 4.03. The number of halogens is 2. The molecule has 0 unspecified atom stereocenters. The van der Waals surface area contributed by atoms with Gasteiger partial charge in [-0.3, -0.25) is 4.79 Å². The molecule has 0 aliphatic rings. The number of carbonyl (C=O) groups excluding carboxylic acids is 1. The predicted octanol–water partition coefficient (Wildman–Crippen LogP) is 3.00. The molecule has 1 amide bonds. The zero-order valence-corrected chi connectivity index (χ0v) is 10.3. The van der Waals surface area contributed by atoms with E-state index >= 15 is 0 Å². The van der Waals surface area contributed by atoms with Crippen LogP contribution in [0.4, 0.5) is 10.1 Å². The Morgan fingerprint density at radius 1 is 1.37 bits per heavy atom. The normalized spacial score (nSPS) is 9.74. The van der Waals surface area contributed by atoms with Gasteiger partial charge in [0, 0.05) is 23.5 Å². The highest BCUT2D eigenvalue weighted by Gasteiger charge is 2.08. The lowest BCUT2D eigenvalue weighted by molar-refractivity contribution is 0.102. The lowest BCUT2D eigenvalue weighted by atomic mass is 10.2. The minimum Gasteiger partial charge on any atom is -0.322 e. The van der Waals surface area contributed by atoms with E-state index in [2.05, 4.69) is 10.3 Å². The molecule has 0 atom stereocenters. The van der Waals surface area contributed by atoms with Crippen molar-refractivity contribution in [3.63, 3.8) is 0 Å². The maximum absolute atomic E-state index is 12.9. The first kappa shape index (κ1) is 13.0. The molecule has 19 heavy (non-hydrogen) atoms. The van der Waals surface area contributed by atoms with Gasteiger partial charge >= 0.3 is 0 Å². The Balaban J connectivity index is 2.22. The minimum atomic E-state index is -0.735. The van der Waals surface area contributed by atoms with E-state index in [0.717, 1.165) is 6.07 Å². The number of pyridine rings is 1. The lowest BCUT2D eigenvalue weighted by Gasteiger charge is -2.06. The van der Waals surface area contributed by atoms with Crippen LogP contribution >= 0.6 is 11.6 Å². The third-order valence-corrected chi connectivity index (χ3v) is 2.66. The van der Waals surface area contributed by atoms with E-state index in [1.54, 1.807) is 6.07 Å². The van der Waals surface area contributed by atoms with Crippen LogP contribution in [-0.2, 0) is 0 Å². The van der Waals surface area contributed by atoms with Gasteiger partial charge in [0.05, 0.1) is 10.6 Å². The molecule has 1 aromatic heterocycles. The summed E-state index contributed by atoms with van der Waals surface area (Å²) < 4.78 is 12.9. The number of nitrogens with one attached hydrogen (secondary N) is 1. The molecule has 94 valence electrons. The van der Waals surface area contributed by atoms with Crippen molar-refractivity contribution >= 4 is 23.2 Å². The molecule has 0 saturated carbocycles. The number of rotatable bonds is 2. The van der Waals surface area contributed by atoms with Crippen LogP contribution in [0.25, 0.3) is 0 Å². The highest BCUT2D eigenvalue weighted by molar-refractivity contribution is 6.31. The molecule has 1 heterocycles. The van der Waals surface area contributed by atoms with Gasteiger partial charge in [0.15, 0.2) is 0 Å². The van der Waals surface area contributed by atoms with Crippen molar-refractivity contribution in [1.82, 2.24) is 4.98 Å². The standard InChI is InChI=1S/C13H7ClFN3O/c14-11-2-1-10(5-9(11)7-16)18-13(19)8-3-4-17-12(15)6-8/h1-6H,(H,18,19). The van der Waals surface area contributed by atoms with Crippen molar-refractivity contribution in [3.8, 4) is 6.07 Å². The Labute approximate surface area is 113 Å². The fourth-order valence-corrected chi connectivity index (χ4v) is 1.60. The Hall–Kier alpha value is -2.45. The number of hydrogen-bond donors (Lipinski definition) is 1. The van der Waals surface area contributed by atoms with Crippen molar-refractivity contribution in [2.45, 2.75) is 0 Å². The SMILES string of the molecule is N#Cc1cc(NC(=O)c2ccnc(F)c2)ccc1Cl. The fraction of sp³-hybridized carbons (Fsp3) is 0. The van der Waals surface area contributed by atoms with Crippen molar-refractivity contribution in [2.24, 2.45) is 0 Å². The third-order valence-electron chi connectivity index (χ3n) is 2.33. The highest BCUT2D eigenvalue weighted by Crippen LogP contribution is 2.20. The number of amides is 1. The molecule has 0 bridgehead atoms. The van der Waals surface area contributed by atoms with Crippen molar-refractivity contribution < 1.29 is 9.18 Å². The summed E-state index contributed by atoms with van der Waals surface area (Å²) >= 11 is 5.78. The predicted molar refractivity (Wildman–Crippen MR) is 68.3 cm³/mol. The largest absolute Gasteiger partial charge is 0.322 e. The fourth-order valence-electron chi connectivity index (χ4n) is 1.44. The van der Waals surface area contributed by atoms with Gasteiger partial charge in [0.25, 0.3) is 5.91 Å². The van der Waals surface area contributed by atoms with Gasteiger partial charge in [0.1, 0.15) is 6.07 Å². The second-order valence-electron chi connectivity index (χ2n) is 3.63. The Morgan fingerprint density at radius 2 is 2.16 bits per heavy atom. The third kappa shape index (κ3) is 3.06. The average Bonchev–Trinajstić information content (AvgIpc) is 2.41. The van der Waals surface area contributed by atoms with Crippen LogP contribution in [0.2, 0.25) is 5.02 Å². The summed E-state index contributed by atoms with van der Waals surface area (Å²) in [5.74, 6) is -1.23. The van der Waals surface area contributed by atoms with E-state index in [0.29, 0.717) is 10.7 Å². The summed E-state index contributed by atoms with van der Waals surface area (Å²) in [6, 6.07) is 8.82. The summed E-state index contributed by atoms with van der Waals surface area (Å²) in [6.45, 7) is 0. The van der Waals surface area contributed by atoms with Crippen molar-refractivity contribution in [3.05, 3.63) is 58.6 Å². The van der Waals surface area contributed by atoms with Crippen LogP contribution in [0.1, 0.15) is 15.9 Å². The van der Waals surface area contributed by atoms with Crippen LogP contribution in [0.5, 0.6) is 0 Å². The van der Waals surface area contributed by atoms with E-state index in [4.69, 9.17) is 16.9 Å². The first-order valence-electron chi connectivity index (χ1n) is 5.22. The molecule has 2 aromatic rings. The van der Waals surface area contributed by atoms with Crippen LogP contribution in [0.15, 0.2) is 36.5 Å². The van der Waals surface area contributed by atoms with E-state index in [-0.39, 0.29) is 11.1 Å². The number of benzene rings is 1. The topological polar surface area (TPSA) is 65.8 Å². The minimum absolute atomic E-state index is 0.140. The molecule has 0 saturated heterocycles. The molecule has 0 spiro atoms. The van der Waals surface area contributed by atoms with E-state index in [1.165, 1.54) is 24.4 Å². The maximum atomic E-state index is 12.9. The zero-order chi connectivity index (χ0) is 13.8. The van der Waals surface area contributed by atoms with Crippen LogP contribution < -0.4 is 5.32 Å². The molecule has 0 radical (unpaired) electrons. The summed E-state index contributed by atoms with van der Waals surface area (Å²) in [5, 5.41) is 11.7. The zero-order valence-electron chi connectivity index (χ0n) is 9.52. The highest BCUT2D eigenvalue weighted by atomic mass is 35.5. The smallest absolute Gasteiger partial charge is 0.255 e. The molecule has 6 heteroatoms. The lowest BCUT2D eigenvalue weighted by Crippen LogP contribution is -2.12. The Bertz CT molecular complexity index is 682. The number of carbonyl (C=O) groups is 1. The van der Waals surface area contributed by atoms with Gasteiger partial charge in [0.2, 0.25) is 5.95 Å². The summed E-state index contributed by atoms with van der Waals surface area (Å²) in [4.78, 5) is 15.2. The Morgan fingerprint density at radius 3 is 2.84 bits per heavy atom. The first-order valence-corrected chi connectivity index (χ1v) is 5.60. The molecular formula is C13H7ClFN3O. The monoisotopic (exact) mass is 275 g/mol. The van der Waals surface area contributed by atoms with Gasteiger partial charge in [-0.25, -0.2) is 4.98 Å². The number of hydrogen-bond acceptors (Lipinski definition) is 3. The van der Waals surface area contributed by atoms with E-state index in [1.807, 2.05) is 6.07 Å². The average molecular weight is 276 g/mol. The van der Waals surface area contributed by atoms with Crippen molar-refractivity contribution in [2.75, 3.05) is 5.32 Å². The van der Waals surface area contributed by atoms with Crippen LogP contribution in [0.3, 0.4) is 0 Å². The summed E-state index contributed by atoms with van der Waals surface area (Å²) in [5.41, 5.74) is 0.796. The number of anilines is 1. The van der Waals surface area contributed by atoms with Crippen LogP contribution in [0, 0.1) is 17.3 Å². The van der Waals surface area contributed by atoms with Crippen LogP contribution in [-0.4, -0.2) is 10.9 Å². The van der Waals surface area contributed by atoms with Gasteiger partial charge in [-0.05, 0) is 24.3 Å². The number of aromatic nitrogens is 1. The van der Waals surface area contributed by atoms with Gasteiger partial charge in [-0.15, -0.1) is 0 Å². The number of nitriles is 1. The molecular weight excluding hydrogens is 269 g/mol. The summed E-state index contributed by atoms with van der Waals surface area (Å²) in [7, 11) is 0. The Kier molecular flexibility index (Phi) is 3.74. The van der Waals surface area contributed by atoms with Gasteiger partial charge in [-0.2, -0.15) is 9.65 Å². The molecule has 4 nitrogen and oxygen atoms in total. The second kappa shape index (κ2) is 5.46. The molecule has 0 fully saturated rings. The summed E-state index contributed by atoms with van der Waals surface area (Å²) in [6.07, 6.45) is 1.20. The molecule has 2 rings (SSSR count). The number of nitrogens with zero attached hydrogens (tertiary/aromatic N) is 2. The first-order chi connectivity index (χ1) is 9.10. The van der Waals surface area contributed by atoms with Gasteiger partial charge < -0.3 is 5.32 Å². The molecule has 1 aromatic carbocycles. The molecule has 1 N–H and O–H groups in total. The van der Waals surface area contributed by atoms with Gasteiger partial charge in [-0.1, -0.05) is 11.6 Å². The quantitative estimate of drug-likeness (QED) is 0.857.